The highest BCUT2D eigenvalue weighted by atomic mass is 35.5. The molecule has 0 heterocycles. The van der Waals surface area contributed by atoms with Gasteiger partial charge in [0.1, 0.15) is 12.4 Å². The van der Waals surface area contributed by atoms with E-state index in [4.69, 9.17) is 16.3 Å². The summed E-state index contributed by atoms with van der Waals surface area (Å²) in [6, 6.07) is 12.6. The first-order chi connectivity index (χ1) is 9.08. The molecule has 3 nitrogen and oxygen atoms in total. The summed E-state index contributed by atoms with van der Waals surface area (Å²) in [6.45, 7) is 2.16. The average molecular weight is 277 g/mol. The van der Waals surface area contributed by atoms with Crippen molar-refractivity contribution in [2.24, 2.45) is 0 Å². The van der Waals surface area contributed by atoms with Crippen molar-refractivity contribution >= 4 is 24.2 Å². The van der Waals surface area contributed by atoms with Crippen molar-refractivity contribution in [3.05, 3.63) is 58.6 Å². The van der Waals surface area contributed by atoms with Gasteiger partial charge in [0, 0.05) is 16.0 Å². The molecule has 0 aliphatic carbocycles. The third-order valence-electron chi connectivity index (χ3n) is 2.78. The Morgan fingerprint density at radius 3 is 2.58 bits per heavy atom. The number of halogens is 1. The van der Waals surface area contributed by atoms with Crippen LogP contribution in [0.1, 0.15) is 11.1 Å². The van der Waals surface area contributed by atoms with Crippen LogP contribution in [0.2, 0.25) is 5.02 Å². The van der Waals surface area contributed by atoms with Crippen LogP contribution >= 0.6 is 11.6 Å². The van der Waals surface area contributed by atoms with Gasteiger partial charge in [0.2, 0.25) is 0 Å². The van der Waals surface area contributed by atoms with Crippen molar-refractivity contribution in [3.63, 3.8) is 0 Å². The van der Waals surface area contributed by atoms with Gasteiger partial charge < -0.3 is 14.8 Å². The molecular formula is C14H14BClO3. The zero-order chi connectivity index (χ0) is 13.8. The first-order valence-corrected chi connectivity index (χ1v) is 6.28. The average Bonchev–Trinajstić information content (AvgIpc) is 2.38. The minimum atomic E-state index is -1.55. The van der Waals surface area contributed by atoms with Crippen LogP contribution in [0.4, 0.5) is 0 Å². The molecule has 2 aromatic rings. The molecule has 0 saturated carbocycles. The third kappa shape index (κ3) is 3.50. The number of hydrogen-bond acceptors (Lipinski definition) is 3. The third-order valence-corrected chi connectivity index (χ3v) is 3.15. The summed E-state index contributed by atoms with van der Waals surface area (Å²) in [5.41, 5.74) is 2.14. The normalized spacial score (nSPS) is 10.3. The maximum atomic E-state index is 9.33. The van der Waals surface area contributed by atoms with E-state index in [1.54, 1.807) is 18.2 Å². The maximum Gasteiger partial charge on any atom is 0.492 e. The van der Waals surface area contributed by atoms with Crippen LogP contribution in [0.15, 0.2) is 42.5 Å². The fourth-order valence-corrected chi connectivity index (χ4v) is 1.96. The van der Waals surface area contributed by atoms with Crippen molar-refractivity contribution in [2.45, 2.75) is 13.5 Å². The van der Waals surface area contributed by atoms with Crippen LogP contribution in [0, 0.1) is 6.92 Å². The molecule has 0 aliphatic heterocycles. The van der Waals surface area contributed by atoms with Crippen molar-refractivity contribution in [1.82, 2.24) is 0 Å². The van der Waals surface area contributed by atoms with Crippen LogP contribution in [0.25, 0.3) is 0 Å². The quantitative estimate of drug-likeness (QED) is 0.839. The molecule has 0 spiro atoms. The van der Waals surface area contributed by atoms with E-state index in [9.17, 15) is 10.0 Å². The molecule has 0 fully saturated rings. The van der Waals surface area contributed by atoms with Crippen LogP contribution in [-0.4, -0.2) is 17.2 Å². The van der Waals surface area contributed by atoms with Gasteiger partial charge in [-0.3, -0.25) is 0 Å². The van der Waals surface area contributed by atoms with E-state index >= 15 is 0 Å². The smallest absolute Gasteiger partial charge is 0.489 e. The first-order valence-electron chi connectivity index (χ1n) is 5.91. The van der Waals surface area contributed by atoms with E-state index in [-0.39, 0.29) is 6.61 Å². The second-order valence-electron chi connectivity index (χ2n) is 4.30. The zero-order valence-corrected chi connectivity index (χ0v) is 11.3. The summed E-state index contributed by atoms with van der Waals surface area (Å²) in [7, 11) is -1.55. The number of rotatable bonds is 4. The van der Waals surface area contributed by atoms with Gasteiger partial charge in [0.15, 0.2) is 0 Å². The van der Waals surface area contributed by atoms with Crippen LogP contribution in [0.5, 0.6) is 5.75 Å². The second-order valence-corrected chi connectivity index (χ2v) is 4.70. The Balaban J connectivity index is 2.18. The Hall–Kier alpha value is -1.49. The molecule has 2 N–H and O–H groups in total. The minimum Gasteiger partial charge on any atom is -0.489 e. The fraction of sp³-hybridized carbons (Fsp3) is 0.143. The predicted octanol–water partition coefficient (Wildman–Crippen LogP) is 1.91. The van der Waals surface area contributed by atoms with Gasteiger partial charge in [-0.05, 0) is 19.1 Å². The topological polar surface area (TPSA) is 49.7 Å². The SMILES string of the molecule is Cc1ccc(OCc2ccccc2Cl)c(B(O)O)c1. The Morgan fingerprint density at radius 2 is 1.89 bits per heavy atom. The van der Waals surface area contributed by atoms with E-state index in [0.29, 0.717) is 16.2 Å². The van der Waals surface area contributed by atoms with E-state index in [0.717, 1.165) is 11.1 Å². The lowest BCUT2D eigenvalue weighted by Gasteiger charge is -2.12. The van der Waals surface area contributed by atoms with Crippen molar-refractivity contribution in [1.29, 1.82) is 0 Å². The van der Waals surface area contributed by atoms with Crippen LogP contribution < -0.4 is 10.2 Å². The lowest BCUT2D eigenvalue weighted by molar-refractivity contribution is 0.306. The van der Waals surface area contributed by atoms with Gasteiger partial charge in [-0.2, -0.15) is 0 Å². The highest BCUT2D eigenvalue weighted by Crippen LogP contribution is 2.18. The molecule has 2 aromatic carbocycles. The highest BCUT2D eigenvalue weighted by molar-refractivity contribution is 6.59. The minimum absolute atomic E-state index is 0.280. The summed E-state index contributed by atoms with van der Waals surface area (Å²) >= 11 is 6.04. The summed E-state index contributed by atoms with van der Waals surface area (Å²) in [5, 5.41) is 19.3. The molecule has 98 valence electrons. The molecule has 19 heavy (non-hydrogen) atoms. The summed E-state index contributed by atoms with van der Waals surface area (Å²) in [5.74, 6) is 0.445. The monoisotopic (exact) mass is 276 g/mol. The van der Waals surface area contributed by atoms with Crippen LogP contribution in [-0.2, 0) is 6.61 Å². The molecule has 0 aliphatic rings. The molecule has 2 rings (SSSR count). The van der Waals surface area contributed by atoms with E-state index in [1.165, 1.54) is 0 Å². The van der Waals surface area contributed by atoms with Gasteiger partial charge in [-0.15, -0.1) is 0 Å². The maximum absolute atomic E-state index is 9.33. The van der Waals surface area contributed by atoms with E-state index in [2.05, 4.69) is 0 Å². The Bertz CT molecular complexity index is 572. The highest BCUT2D eigenvalue weighted by Gasteiger charge is 2.17. The van der Waals surface area contributed by atoms with Gasteiger partial charge in [0.05, 0.1) is 0 Å². The molecule has 0 amide bonds. The Labute approximate surface area is 117 Å². The second kappa shape index (κ2) is 6.11. The standard InChI is InChI=1S/C14H14BClO3/c1-10-6-7-14(12(8-10)15(17)18)19-9-11-4-2-3-5-13(11)16/h2-8,17-18H,9H2,1H3. The van der Waals surface area contributed by atoms with E-state index in [1.807, 2.05) is 31.2 Å². The molecule has 0 aromatic heterocycles. The van der Waals surface area contributed by atoms with E-state index < -0.39 is 7.12 Å². The number of benzene rings is 2. The summed E-state index contributed by atoms with van der Waals surface area (Å²) in [6.07, 6.45) is 0. The molecular weight excluding hydrogens is 262 g/mol. The van der Waals surface area contributed by atoms with Gasteiger partial charge in [-0.25, -0.2) is 0 Å². The Kier molecular flexibility index (Phi) is 4.48. The van der Waals surface area contributed by atoms with Crippen LogP contribution in [0.3, 0.4) is 0 Å². The predicted molar refractivity (Wildman–Crippen MR) is 76.8 cm³/mol. The lowest BCUT2D eigenvalue weighted by atomic mass is 9.79. The fourth-order valence-electron chi connectivity index (χ4n) is 1.77. The number of hydrogen-bond donors (Lipinski definition) is 2. The zero-order valence-electron chi connectivity index (χ0n) is 10.5. The molecule has 0 atom stereocenters. The lowest BCUT2D eigenvalue weighted by Crippen LogP contribution is -2.31. The van der Waals surface area contributed by atoms with Crippen molar-refractivity contribution in [3.8, 4) is 5.75 Å². The molecule has 0 radical (unpaired) electrons. The van der Waals surface area contributed by atoms with Gasteiger partial charge >= 0.3 is 7.12 Å². The van der Waals surface area contributed by atoms with Crippen molar-refractivity contribution < 1.29 is 14.8 Å². The van der Waals surface area contributed by atoms with Gasteiger partial charge in [-0.1, -0.05) is 47.5 Å². The molecule has 5 heteroatoms. The van der Waals surface area contributed by atoms with Crippen molar-refractivity contribution in [2.75, 3.05) is 0 Å². The molecule has 0 unspecified atom stereocenters. The molecule has 0 saturated heterocycles. The first kappa shape index (κ1) is 13.9. The largest absolute Gasteiger partial charge is 0.492 e. The number of aryl methyl sites for hydroxylation is 1. The summed E-state index contributed by atoms with van der Waals surface area (Å²) < 4.78 is 5.62. The Morgan fingerprint density at radius 1 is 1.16 bits per heavy atom. The number of ether oxygens (including phenoxy) is 1. The molecule has 0 bridgehead atoms. The van der Waals surface area contributed by atoms with Gasteiger partial charge in [0.25, 0.3) is 0 Å². The summed E-state index contributed by atoms with van der Waals surface area (Å²) in [4.78, 5) is 0.